The fourth-order valence-electron chi connectivity index (χ4n) is 1.63. The molecule has 0 saturated heterocycles. The molecule has 3 N–H and O–H groups in total. The molecule has 0 saturated carbocycles. The van der Waals surface area contributed by atoms with Crippen molar-refractivity contribution >= 4 is 11.8 Å². The number of benzene rings is 1. The predicted molar refractivity (Wildman–Crippen MR) is 74.6 cm³/mol. The lowest BCUT2D eigenvalue weighted by Crippen LogP contribution is -2.33. The highest BCUT2D eigenvalue weighted by Gasteiger charge is 2.29. The minimum Gasteiger partial charge on any atom is -0.380 e. The van der Waals surface area contributed by atoms with Crippen molar-refractivity contribution in [2.75, 3.05) is 20.2 Å². The molecule has 2 unspecified atom stereocenters. The molecule has 0 aliphatic carbocycles. The molecular weight excluding hydrogens is 289 g/mol. The highest BCUT2D eigenvalue weighted by molar-refractivity contribution is 8.00. The molecule has 7 heteroatoms. The lowest BCUT2D eigenvalue weighted by Gasteiger charge is -2.20. The van der Waals surface area contributed by atoms with Crippen LogP contribution in [0.3, 0.4) is 0 Å². The summed E-state index contributed by atoms with van der Waals surface area (Å²) in [5.74, 6) is 0. The fourth-order valence-corrected chi connectivity index (χ4v) is 2.17. The number of nitrogens with two attached hydrogens (primary N) is 1. The normalized spacial score (nSPS) is 15.1. The number of alkyl halides is 3. The Morgan fingerprint density at radius 1 is 1.30 bits per heavy atom. The fraction of sp³-hybridized carbons (Fsp3) is 0.538. The van der Waals surface area contributed by atoms with E-state index in [1.54, 1.807) is 19.2 Å². The molecule has 0 aromatic heterocycles. The van der Waals surface area contributed by atoms with Gasteiger partial charge in [-0.2, -0.15) is 13.2 Å². The van der Waals surface area contributed by atoms with Crippen molar-refractivity contribution < 1.29 is 17.9 Å². The van der Waals surface area contributed by atoms with Crippen LogP contribution >= 0.6 is 11.8 Å². The SMILES string of the molecule is COC(C)CNC(CN)c1ccc(SC(F)(F)F)cc1. The molecule has 0 aliphatic rings. The topological polar surface area (TPSA) is 47.3 Å². The van der Waals surface area contributed by atoms with Gasteiger partial charge in [-0.3, -0.25) is 0 Å². The third-order valence-corrected chi connectivity index (χ3v) is 3.55. The Kier molecular flexibility index (Phi) is 6.81. The van der Waals surface area contributed by atoms with E-state index in [4.69, 9.17) is 10.5 Å². The minimum atomic E-state index is -4.26. The van der Waals surface area contributed by atoms with E-state index in [0.717, 1.165) is 5.56 Å². The summed E-state index contributed by atoms with van der Waals surface area (Å²) in [6, 6.07) is 6.14. The quantitative estimate of drug-likeness (QED) is 0.760. The van der Waals surface area contributed by atoms with Crippen molar-refractivity contribution in [1.82, 2.24) is 5.32 Å². The molecule has 2 atom stereocenters. The van der Waals surface area contributed by atoms with Gasteiger partial charge in [0.05, 0.1) is 6.10 Å². The molecule has 0 spiro atoms. The maximum atomic E-state index is 12.2. The first kappa shape index (κ1) is 17.3. The van der Waals surface area contributed by atoms with E-state index in [0.29, 0.717) is 13.1 Å². The van der Waals surface area contributed by atoms with E-state index in [1.165, 1.54) is 12.1 Å². The van der Waals surface area contributed by atoms with Gasteiger partial charge in [0.25, 0.3) is 0 Å². The van der Waals surface area contributed by atoms with Crippen molar-refractivity contribution in [3.8, 4) is 0 Å². The molecule has 114 valence electrons. The van der Waals surface area contributed by atoms with Crippen LogP contribution in [0.15, 0.2) is 29.2 Å². The van der Waals surface area contributed by atoms with Crippen LogP contribution < -0.4 is 11.1 Å². The minimum absolute atomic E-state index is 0.0455. The molecule has 0 radical (unpaired) electrons. The zero-order valence-corrected chi connectivity index (χ0v) is 12.2. The average Bonchev–Trinajstić information content (AvgIpc) is 2.39. The highest BCUT2D eigenvalue weighted by atomic mass is 32.2. The molecule has 0 bridgehead atoms. The monoisotopic (exact) mass is 308 g/mol. The largest absolute Gasteiger partial charge is 0.446 e. The van der Waals surface area contributed by atoms with Gasteiger partial charge in [-0.25, -0.2) is 0 Å². The van der Waals surface area contributed by atoms with Crippen molar-refractivity contribution in [2.45, 2.75) is 29.5 Å². The van der Waals surface area contributed by atoms with Gasteiger partial charge in [-0.05, 0) is 36.4 Å². The second-order valence-electron chi connectivity index (χ2n) is 4.36. The number of ether oxygens (including phenoxy) is 1. The van der Waals surface area contributed by atoms with Crippen LogP contribution in [0.4, 0.5) is 13.2 Å². The Morgan fingerprint density at radius 2 is 1.90 bits per heavy atom. The molecule has 3 nitrogen and oxygen atoms in total. The van der Waals surface area contributed by atoms with Crippen LogP contribution in [0, 0.1) is 0 Å². The third-order valence-electron chi connectivity index (χ3n) is 2.81. The number of nitrogens with one attached hydrogen (secondary N) is 1. The summed E-state index contributed by atoms with van der Waals surface area (Å²) < 4.78 is 41.8. The number of thioether (sulfide) groups is 1. The zero-order valence-electron chi connectivity index (χ0n) is 11.4. The van der Waals surface area contributed by atoms with Gasteiger partial charge in [0.15, 0.2) is 0 Å². The number of hydrogen-bond acceptors (Lipinski definition) is 4. The van der Waals surface area contributed by atoms with Gasteiger partial charge < -0.3 is 15.8 Å². The van der Waals surface area contributed by atoms with E-state index in [2.05, 4.69) is 5.32 Å². The first-order chi connectivity index (χ1) is 9.35. The smallest absolute Gasteiger partial charge is 0.380 e. The van der Waals surface area contributed by atoms with Crippen LogP contribution in [0.25, 0.3) is 0 Å². The van der Waals surface area contributed by atoms with Gasteiger partial charge >= 0.3 is 5.51 Å². The Labute approximate surface area is 121 Å². The number of hydrogen-bond donors (Lipinski definition) is 2. The summed E-state index contributed by atoms with van der Waals surface area (Å²) >= 11 is -0.121. The third kappa shape index (κ3) is 6.13. The summed E-state index contributed by atoms with van der Waals surface area (Å²) in [7, 11) is 1.62. The van der Waals surface area contributed by atoms with Crippen LogP contribution in [-0.2, 0) is 4.74 Å². The first-order valence-corrected chi connectivity index (χ1v) is 6.99. The van der Waals surface area contributed by atoms with Crippen molar-refractivity contribution in [3.63, 3.8) is 0 Å². The maximum absolute atomic E-state index is 12.2. The standard InChI is InChI=1S/C13H19F3N2OS/c1-9(19-2)8-18-12(7-17)10-3-5-11(6-4-10)20-13(14,15)16/h3-6,9,12,18H,7-8,17H2,1-2H3. The summed E-state index contributed by atoms with van der Waals surface area (Å²) in [5, 5.41) is 3.23. The molecule has 1 rings (SSSR count). The van der Waals surface area contributed by atoms with E-state index in [9.17, 15) is 13.2 Å². The summed E-state index contributed by atoms with van der Waals surface area (Å²) in [6.45, 7) is 2.91. The van der Waals surface area contributed by atoms with Gasteiger partial charge in [-0.15, -0.1) is 0 Å². The molecule has 0 aliphatic heterocycles. The maximum Gasteiger partial charge on any atom is 0.446 e. The van der Waals surface area contributed by atoms with E-state index in [1.807, 2.05) is 6.92 Å². The predicted octanol–water partition coefficient (Wildman–Crippen LogP) is 2.92. The Bertz CT molecular complexity index is 398. The van der Waals surface area contributed by atoms with Gasteiger partial charge in [0.2, 0.25) is 0 Å². The van der Waals surface area contributed by atoms with Crippen molar-refractivity contribution in [3.05, 3.63) is 29.8 Å². The molecule has 0 amide bonds. The van der Waals surface area contributed by atoms with Crippen LogP contribution in [0.1, 0.15) is 18.5 Å². The summed E-state index contributed by atoms with van der Waals surface area (Å²) in [4.78, 5) is 0.169. The van der Waals surface area contributed by atoms with Crippen LogP contribution in [-0.4, -0.2) is 31.8 Å². The Balaban J connectivity index is 2.65. The molecular formula is C13H19F3N2OS. The average molecular weight is 308 g/mol. The van der Waals surface area contributed by atoms with Gasteiger partial charge in [0, 0.05) is 31.1 Å². The molecule has 1 aromatic rings. The zero-order chi connectivity index (χ0) is 15.2. The van der Waals surface area contributed by atoms with Crippen LogP contribution in [0.5, 0.6) is 0 Å². The number of rotatable bonds is 7. The summed E-state index contributed by atoms with van der Waals surface area (Å²) in [6.07, 6.45) is 0.0455. The number of halogens is 3. The van der Waals surface area contributed by atoms with E-state index >= 15 is 0 Å². The lowest BCUT2D eigenvalue weighted by atomic mass is 10.1. The Hall–Kier alpha value is -0.760. The number of methoxy groups -OCH3 is 1. The van der Waals surface area contributed by atoms with Crippen LogP contribution in [0.2, 0.25) is 0 Å². The van der Waals surface area contributed by atoms with E-state index in [-0.39, 0.29) is 28.8 Å². The molecule has 0 fully saturated rings. The highest BCUT2D eigenvalue weighted by Crippen LogP contribution is 2.36. The molecule has 1 aromatic carbocycles. The van der Waals surface area contributed by atoms with Crippen molar-refractivity contribution in [2.24, 2.45) is 5.73 Å². The lowest BCUT2D eigenvalue weighted by molar-refractivity contribution is -0.0328. The second-order valence-corrected chi connectivity index (χ2v) is 5.50. The first-order valence-electron chi connectivity index (χ1n) is 6.17. The van der Waals surface area contributed by atoms with E-state index < -0.39 is 5.51 Å². The van der Waals surface area contributed by atoms with Gasteiger partial charge in [-0.1, -0.05) is 12.1 Å². The van der Waals surface area contributed by atoms with Gasteiger partial charge in [0.1, 0.15) is 0 Å². The van der Waals surface area contributed by atoms with Crippen molar-refractivity contribution in [1.29, 1.82) is 0 Å². The summed E-state index contributed by atoms with van der Waals surface area (Å²) in [5.41, 5.74) is 2.28. The molecule has 20 heavy (non-hydrogen) atoms. The molecule has 0 heterocycles. The Morgan fingerprint density at radius 3 is 2.35 bits per heavy atom. The second kappa shape index (κ2) is 7.87.